The average Bonchev–Trinajstić information content (AvgIpc) is 2.34. The van der Waals surface area contributed by atoms with Crippen molar-refractivity contribution in [2.24, 2.45) is 0 Å². The van der Waals surface area contributed by atoms with Crippen molar-refractivity contribution in [2.45, 2.75) is 19.0 Å². The molecule has 1 aliphatic rings. The first kappa shape index (κ1) is 14.7. The smallest absolute Gasteiger partial charge is 0.387 e. The van der Waals surface area contributed by atoms with Gasteiger partial charge in [-0.25, -0.2) is 0 Å². The highest BCUT2D eigenvalue weighted by Gasteiger charge is 2.30. The van der Waals surface area contributed by atoms with Crippen LogP contribution in [0.3, 0.4) is 0 Å². The Morgan fingerprint density at radius 1 is 1.00 bits per heavy atom. The highest BCUT2D eigenvalue weighted by molar-refractivity contribution is 5.79. The van der Waals surface area contributed by atoms with E-state index in [0.717, 1.165) is 0 Å². The lowest BCUT2D eigenvalue weighted by Crippen LogP contribution is -2.51. The molecule has 0 aliphatic carbocycles. The minimum absolute atomic E-state index is 0.211. The summed E-state index contributed by atoms with van der Waals surface area (Å²) in [4.78, 5) is 25.3. The van der Waals surface area contributed by atoms with E-state index in [2.05, 4.69) is 0 Å². The molecule has 1 aliphatic heterocycles. The molecule has 0 unspecified atom stereocenters. The molecule has 0 aromatic rings. The van der Waals surface area contributed by atoms with Crippen LogP contribution in [0.4, 0.5) is 13.2 Å². The summed E-state index contributed by atoms with van der Waals surface area (Å²) in [5.41, 5.74) is 0. The maximum Gasteiger partial charge on any atom is 0.389 e. The average molecular weight is 268 g/mol. The van der Waals surface area contributed by atoms with E-state index in [1.807, 2.05) is 0 Å². The topological polar surface area (TPSA) is 60.9 Å². The summed E-state index contributed by atoms with van der Waals surface area (Å²) in [6, 6.07) is 0. The number of carbonyl (C=O) groups is 2. The highest BCUT2D eigenvalue weighted by atomic mass is 19.4. The van der Waals surface area contributed by atoms with Gasteiger partial charge in [0.05, 0.1) is 6.42 Å². The van der Waals surface area contributed by atoms with Crippen molar-refractivity contribution in [3.05, 3.63) is 0 Å². The van der Waals surface area contributed by atoms with Crippen molar-refractivity contribution in [3.63, 3.8) is 0 Å². The summed E-state index contributed by atoms with van der Waals surface area (Å²) in [5, 5.41) is 8.64. The predicted octanol–water partition coefficient (Wildman–Crippen LogP) is -0.00800. The number of hydrogen-bond acceptors (Lipinski definition) is 3. The number of piperazine rings is 1. The maximum absolute atomic E-state index is 11.9. The number of alkyl halides is 3. The van der Waals surface area contributed by atoms with E-state index in [1.165, 1.54) is 9.80 Å². The Kier molecular flexibility index (Phi) is 4.94. The van der Waals surface area contributed by atoms with E-state index in [0.29, 0.717) is 0 Å². The molecular formula is C10H15F3N2O3. The van der Waals surface area contributed by atoms with Gasteiger partial charge in [-0.05, 0) is 0 Å². The van der Waals surface area contributed by atoms with Crippen molar-refractivity contribution >= 4 is 11.8 Å². The van der Waals surface area contributed by atoms with Gasteiger partial charge >= 0.3 is 6.18 Å². The third-order valence-electron chi connectivity index (χ3n) is 2.74. The number of aliphatic hydroxyl groups excluding tert-OH is 1. The third kappa shape index (κ3) is 4.52. The molecule has 0 radical (unpaired) electrons. The largest absolute Gasteiger partial charge is 0.389 e. The molecule has 1 heterocycles. The minimum atomic E-state index is -4.33. The predicted molar refractivity (Wildman–Crippen MR) is 55.5 cm³/mol. The highest BCUT2D eigenvalue weighted by Crippen LogP contribution is 2.22. The number of aliphatic hydroxyl groups is 1. The van der Waals surface area contributed by atoms with Crippen molar-refractivity contribution in [2.75, 3.05) is 32.8 Å². The number of halogens is 3. The molecule has 1 saturated heterocycles. The molecule has 0 atom stereocenters. The van der Waals surface area contributed by atoms with Crippen LogP contribution in [0.15, 0.2) is 0 Å². The molecule has 0 spiro atoms. The lowest BCUT2D eigenvalue weighted by Gasteiger charge is -2.34. The molecule has 2 amide bonds. The van der Waals surface area contributed by atoms with Gasteiger partial charge in [0, 0.05) is 32.6 Å². The SMILES string of the molecule is O=C(CO)N1CCN(C(=O)CCC(F)(F)F)CC1. The van der Waals surface area contributed by atoms with Crippen LogP contribution in [0, 0.1) is 0 Å². The summed E-state index contributed by atoms with van der Waals surface area (Å²) < 4.78 is 35.8. The van der Waals surface area contributed by atoms with Gasteiger partial charge in [0.1, 0.15) is 6.61 Å². The monoisotopic (exact) mass is 268 g/mol. The molecule has 1 rings (SSSR count). The number of rotatable bonds is 3. The second-order valence-electron chi connectivity index (χ2n) is 4.03. The molecule has 8 heteroatoms. The van der Waals surface area contributed by atoms with Crippen LogP contribution >= 0.6 is 0 Å². The summed E-state index contributed by atoms with van der Waals surface area (Å²) in [5.74, 6) is -0.985. The van der Waals surface area contributed by atoms with Gasteiger partial charge < -0.3 is 14.9 Å². The number of carbonyl (C=O) groups excluding carboxylic acids is 2. The maximum atomic E-state index is 11.9. The quantitative estimate of drug-likeness (QED) is 0.783. The van der Waals surface area contributed by atoms with Crippen molar-refractivity contribution < 1.29 is 27.9 Å². The Morgan fingerprint density at radius 3 is 1.83 bits per heavy atom. The Balaban J connectivity index is 2.34. The summed E-state index contributed by atoms with van der Waals surface area (Å²) in [6.45, 7) is 0.321. The lowest BCUT2D eigenvalue weighted by atomic mass is 10.2. The van der Waals surface area contributed by atoms with E-state index in [1.54, 1.807) is 0 Å². The van der Waals surface area contributed by atoms with Crippen LogP contribution in [0.5, 0.6) is 0 Å². The Morgan fingerprint density at radius 2 is 1.44 bits per heavy atom. The fourth-order valence-electron chi connectivity index (χ4n) is 1.71. The molecule has 0 saturated carbocycles. The van der Waals surface area contributed by atoms with Crippen molar-refractivity contribution in [1.29, 1.82) is 0 Å². The molecule has 5 nitrogen and oxygen atoms in total. The fourth-order valence-corrected chi connectivity index (χ4v) is 1.71. The van der Waals surface area contributed by atoms with Gasteiger partial charge in [-0.15, -0.1) is 0 Å². The van der Waals surface area contributed by atoms with Crippen LogP contribution in [-0.4, -0.2) is 65.7 Å². The van der Waals surface area contributed by atoms with Crippen LogP contribution < -0.4 is 0 Å². The van der Waals surface area contributed by atoms with Crippen molar-refractivity contribution in [3.8, 4) is 0 Å². The zero-order chi connectivity index (χ0) is 13.8. The third-order valence-corrected chi connectivity index (χ3v) is 2.74. The van der Waals surface area contributed by atoms with E-state index in [-0.39, 0.29) is 26.2 Å². The van der Waals surface area contributed by atoms with E-state index >= 15 is 0 Å². The molecule has 1 fully saturated rings. The summed E-state index contributed by atoms with van der Waals surface area (Å²) in [6.07, 6.45) is -6.01. The van der Waals surface area contributed by atoms with Crippen molar-refractivity contribution in [1.82, 2.24) is 9.80 Å². The van der Waals surface area contributed by atoms with Gasteiger partial charge in [0.2, 0.25) is 11.8 Å². The van der Waals surface area contributed by atoms with Crippen LogP contribution in [0.1, 0.15) is 12.8 Å². The number of hydrogen-bond donors (Lipinski definition) is 1. The normalized spacial score (nSPS) is 16.9. The van der Waals surface area contributed by atoms with Crippen LogP contribution in [0.25, 0.3) is 0 Å². The van der Waals surface area contributed by atoms with Crippen LogP contribution in [0.2, 0.25) is 0 Å². The van der Waals surface area contributed by atoms with E-state index in [9.17, 15) is 22.8 Å². The first-order valence-corrected chi connectivity index (χ1v) is 5.56. The second-order valence-corrected chi connectivity index (χ2v) is 4.03. The van der Waals surface area contributed by atoms with E-state index in [4.69, 9.17) is 5.11 Å². The number of amides is 2. The van der Waals surface area contributed by atoms with Gasteiger partial charge in [-0.3, -0.25) is 9.59 Å². The second kappa shape index (κ2) is 6.03. The Bertz CT molecular complexity index is 312. The Labute approximate surface area is 102 Å². The number of nitrogens with zero attached hydrogens (tertiary/aromatic N) is 2. The zero-order valence-electron chi connectivity index (χ0n) is 9.74. The molecule has 0 aromatic heterocycles. The zero-order valence-corrected chi connectivity index (χ0v) is 9.74. The molecule has 1 N–H and O–H groups in total. The molecule has 104 valence electrons. The fraction of sp³-hybridized carbons (Fsp3) is 0.800. The minimum Gasteiger partial charge on any atom is -0.387 e. The first-order chi connectivity index (χ1) is 8.33. The first-order valence-electron chi connectivity index (χ1n) is 5.56. The van der Waals surface area contributed by atoms with Gasteiger partial charge in [0.25, 0.3) is 0 Å². The lowest BCUT2D eigenvalue weighted by molar-refractivity contribution is -0.151. The van der Waals surface area contributed by atoms with E-state index < -0.39 is 37.4 Å². The summed E-state index contributed by atoms with van der Waals surface area (Å²) >= 11 is 0. The Hall–Kier alpha value is -1.31. The van der Waals surface area contributed by atoms with Gasteiger partial charge in [-0.2, -0.15) is 13.2 Å². The molecular weight excluding hydrogens is 253 g/mol. The van der Waals surface area contributed by atoms with Gasteiger partial charge in [-0.1, -0.05) is 0 Å². The molecule has 18 heavy (non-hydrogen) atoms. The molecule has 0 bridgehead atoms. The standard InChI is InChI=1S/C10H15F3N2O3/c11-10(12,13)2-1-8(17)14-3-5-15(6-4-14)9(18)7-16/h16H,1-7H2. The summed E-state index contributed by atoms with van der Waals surface area (Å²) in [7, 11) is 0. The van der Waals surface area contributed by atoms with Gasteiger partial charge in [0.15, 0.2) is 0 Å². The molecule has 0 aromatic carbocycles. The van der Waals surface area contributed by atoms with Crippen LogP contribution in [-0.2, 0) is 9.59 Å².